The van der Waals surface area contributed by atoms with Crippen molar-refractivity contribution in [1.29, 1.82) is 0 Å². The first kappa shape index (κ1) is 81.2. The lowest BCUT2D eigenvalue weighted by molar-refractivity contribution is -0.157. The highest BCUT2D eigenvalue weighted by atomic mass is 35.5. The van der Waals surface area contributed by atoms with Gasteiger partial charge in [0.25, 0.3) is 0 Å². The number of carbonyl (C=O) groups is 12. The summed E-state index contributed by atoms with van der Waals surface area (Å²) in [5.74, 6) is -8.60. The summed E-state index contributed by atoms with van der Waals surface area (Å²) in [5.41, 5.74) is -2.35. The van der Waals surface area contributed by atoms with E-state index in [0.717, 1.165) is 84.6 Å². The van der Waals surface area contributed by atoms with Gasteiger partial charge in [-0.15, -0.1) is 0 Å². The fraction of sp³-hybridized carbons (Fsp3) is 0.750. The molecule has 1 spiro atoms. The molecule has 1 aromatic rings. The zero-order chi connectivity index (χ0) is 74.4. The summed E-state index contributed by atoms with van der Waals surface area (Å²) >= 11 is 6.16. The molecular formula is C72H110ClF3N12O13. The van der Waals surface area contributed by atoms with Gasteiger partial charge in [0.2, 0.25) is 70.9 Å². The Morgan fingerprint density at radius 2 is 1.22 bits per heavy atom. The Balaban J connectivity index is 1.29. The first-order valence-electron chi connectivity index (χ1n) is 36.4. The number of carbonyl (C=O) groups excluding carboxylic acids is 12. The molecule has 6 fully saturated rings. The van der Waals surface area contributed by atoms with Gasteiger partial charge in [0.15, 0.2) is 0 Å². The highest BCUT2D eigenvalue weighted by Gasteiger charge is 2.52. The molecule has 7 rings (SSSR count). The number of likely N-dealkylation sites (N-methyl/N-ethyl adjacent to an activating group) is 7. The van der Waals surface area contributed by atoms with E-state index in [9.17, 15) is 41.9 Å². The van der Waals surface area contributed by atoms with Crippen LogP contribution in [0.1, 0.15) is 180 Å². The predicted molar refractivity (Wildman–Crippen MR) is 371 cm³/mol. The number of aryl methyl sites for hydroxylation is 1. The largest absolute Gasteiger partial charge is 0.417 e. The number of likely N-dealkylation sites (tertiary alicyclic amines) is 1. The molecule has 1 unspecified atom stereocenters. The Hall–Kier alpha value is -7.10. The van der Waals surface area contributed by atoms with E-state index in [-0.39, 0.29) is 63.3 Å². The van der Waals surface area contributed by atoms with E-state index in [2.05, 4.69) is 16.0 Å². The molecule has 3 heterocycles. The van der Waals surface area contributed by atoms with Gasteiger partial charge in [-0.25, -0.2) is 0 Å². The number of piperidine rings is 1. The zero-order valence-electron chi connectivity index (χ0n) is 61.1. The van der Waals surface area contributed by atoms with Crippen molar-refractivity contribution in [3.05, 3.63) is 34.3 Å². The summed E-state index contributed by atoms with van der Waals surface area (Å²) in [6.45, 7) is 4.25. The van der Waals surface area contributed by atoms with Crippen LogP contribution < -0.4 is 16.0 Å². The molecule has 564 valence electrons. The van der Waals surface area contributed by atoms with Gasteiger partial charge in [-0.1, -0.05) is 95.7 Å². The minimum absolute atomic E-state index is 0.00965. The van der Waals surface area contributed by atoms with Gasteiger partial charge in [-0.3, -0.25) is 57.5 Å². The van der Waals surface area contributed by atoms with Crippen LogP contribution in [0.4, 0.5) is 13.2 Å². The van der Waals surface area contributed by atoms with Crippen molar-refractivity contribution in [2.24, 2.45) is 17.8 Å². The first-order chi connectivity index (χ1) is 47.7. The SMILES string of the molecule is CO[C@H](C)[C@@H]1NC(=O)[C@H](CC(C)C)N(C)C(=O)C[C@@H](C(=O)N2CCCCC2)N(C)C(=O)[C@H](C2CCCCC2)N(C)C(=O)C2(CCCC2)NC(=O)C2CCCN2C(=O)[C@H](CCc2ccc(C(F)(F)F)c(Cl)c2)NC(=O)CN(C)C(=O)[C@H](CC2CCCCC2)N(C)C(=O)CN(C)C(=O)CN(C)C1=O. The lowest BCUT2D eigenvalue weighted by Crippen LogP contribution is -2.65. The summed E-state index contributed by atoms with van der Waals surface area (Å²) < 4.78 is 47.3. The maximum absolute atomic E-state index is 15.8. The number of rotatable bonds is 11. The number of hydrogen-bond donors (Lipinski definition) is 3. The first-order valence-corrected chi connectivity index (χ1v) is 36.8. The number of fused-ring (bicyclic) bond motifs is 1. The fourth-order valence-electron chi connectivity index (χ4n) is 15.7. The molecule has 3 N–H and O–H groups in total. The van der Waals surface area contributed by atoms with E-state index < -0.39 is 174 Å². The molecule has 0 bridgehead atoms. The number of hydrogen-bond acceptors (Lipinski definition) is 13. The van der Waals surface area contributed by atoms with Gasteiger partial charge in [-0.05, 0) is 126 Å². The Labute approximate surface area is 598 Å². The minimum atomic E-state index is -4.76. The minimum Gasteiger partial charge on any atom is -0.379 e. The van der Waals surface area contributed by atoms with E-state index in [0.29, 0.717) is 63.6 Å². The molecule has 0 aromatic heterocycles. The van der Waals surface area contributed by atoms with Gasteiger partial charge in [0, 0.05) is 76.1 Å². The highest BCUT2D eigenvalue weighted by Crippen LogP contribution is 2.39. The molecule has 0 radical (unpaired) electrons. The molecule has 25 nitrogen and oxygen atoms in total. The second kappa shape index (κ2) is 36.4. The molecule has 101 heavy (non-hydrogen) atoms. The number of nitrogens with one attached hydrogen (secondary N) is 3. The Morgan fingerprint density at radius 1 is 0.624 bits per heavy atom. The molecule has 3 saturated heterocycles. The van der Waals surface area contributed by atoms with Crippen molar-refractivity contribution in [3.8, 4) is 0 Å². The second-order valence-electron chi connectivity index (χ2n) is 29.7. The maximum atomic E-state index is 15.8. The second-order valence-corrected chi connectivity index (χ2v) is 30.1. The number of halogens is 4. The van der Waals surface area contributed by atoms with Crippen molar-refractivity contribution in [1.82, 2.24) is 60.0 Å². The van der Waals surface area contributed by atoms with Gasteiger partial charge in [0.1, 0.15) is 47.8 Å². The number of amides is 12. The molecule has 29 heteroatoms. The summed E-state index contributed by atoms with van der Waals surface area (Å²) in [5, 5.41) is 8.06. The zero-order valence-corrected chi connectivity index (χ0v) is 61.9. The van der Waals surface area contributed by atoms with Crippen molar-refractivity contribution in [2.75, 3.05) is 95.7 Å². The fourth-order valence-corrected chi connectivity index (χ4v) is 16.0. The lowest BCUT2D eigenvalue weighted by Gasteiger charge is -2.43. The summed E-state index contributed by atoms with van der Waals surface area (Å²) in [7, 11) is 11.2. The van der Waals surface area contributed by atoms with E-state index in [4.69, 9.17) is 16.3 Å². The van der Waals surface area contributed by atoms with Crippen LogP contribution >= 0.6 is 11.6 Å². The van der Waals surface area contributed by atoms with Crippen LogP contribution in [0, 0.1) is 17.8 Å². The third-order valence-electron chi connectivity index (χ3n) is 22.0. The van der Waals surface area contributed by atoms with Crippen molar-refractivity contribution in [3.63, 3.8) is 0 Å². The third kappa shape index (κ3) is 20.6. The van der Waals surface area contributed by atoms with Crippen LogP contribution in [0.2, 0.25) is 5.02 Å². The Bertz CT molecular complexity index is 3140. The van der Waals surface area contributed by atoms with Crippen molar-refractivity contribution < 1.29 is 75.4 Å². The van der Waals surface area contributed by atoms with E-state index in [1.807, 2.05) is 13.8 Å². The molecule has 12 amide bonds. The lowest BCUT2D eigenvalue weighted by atomic mass is 9.81. The van der Waals surface area contributed by atoms with Crippen LogP contribution in [0.3, 0.4) is 0 Å². The number of benzene rings is 1. The van der Waals surface area contributed by atoms with Crippen molar-refractivity contribution in [2.45, 2.75) is 235 Å². The molecule has 3 aliphatic heterocycles. The summed E-state index contributed by atoms with van der Waals surface area (Å²) in [6, 6.07) is -5.86. The maximum Gasteiger partial charge on any atom is 0.417 e. The van der Waals surface area contributed by atoms with Gasteiger partial charge >= 0.3 is 6.18 Å². The molecule has 8 atom stereocenters. The summed E-state index contributed by atoms with van der Waals surface area (Å²) in [6.07, 6.45) is 5.49. The van der Waals surface area contributed by atoms with E-state index >= 15 is 28.8 Å². The van der Waals surface area contributed by atoms with Crippen LogP contribution in [-0.4, -0.2) is 265 Å². The smallest absolute Gasteiger partial charge is 0.379 e. The standard InChI is InChI=1S/C72H110ClF3N12O13/c1-45(2)38-54-63(93)78-61(46(3)101-11)68(98)82(6)43-59(91)80(4)44-60(92)84(8)55(40-47-24-15-12-16-25-47)66(96)81(5)42-57(89)77-52(32-30-48-29-31-50(51(73)39-48)72(74,75)76)65(95)88-37-23-28-53(88)64(94)79-71(33-19-20-34-71)70(100)86(10)62(49-26-17-13-18-27-49)69(99)85(9)56(41-58(90)83(54)7)67(97)87-35-21-14-22-36-87/h29,31,39,45-47,49,52-56,61-62H,12-28,30,32-38,40-44H2,1-11H3,(H,77,89)(H,78,93)(H,79,94)/t46-,52+,53?,54+,55+,56+,61+,62+/m1/s1. The van der Waals surface area contributed by atoms with Crippen LogP contribution in [0.5, 0.6) is 0 Å². The molecule has 3 aliphatic carbocycles. The topological polar surface area (TPSA) is 279 Å². The van der Waals surface area contributed by atoms with Crippen LogP contribution in [0.25, 0.3) is 0 Å². The van der Waals surface area contributed by atoms with E-state index in [1.165, 1.54) is 87.0 Å². The molecule has 3 saturated carbocycles. The third-order valence-corrected chi connectivity index (χ3v) is 22.3. The molecule has 6 aliphatic rings. The number of nitrogens with zero attached hydrogens (tertiary/aromatic N) is 9. The number of alkyl halides is 3. The normalized spacial score (nSPS) is 26.8. The average Bonchev–Trinajstić information content (AvgIpc) is 1.74. The van der Waals surface area contributed by atoms with Gasteiger partial charge in [0.05, 0.1) is 42.7 Å². The van der Waals surface area contributed by atoms with Crippen LogP contribution in [-0.2, 0) is 74.9 Å². The molecular weight excluding hydrogens is 1330 g/mol. The van der Waals surface area contributed by atoms with Crippen LogP contribution in [0.15, 0.2) is 18.2 Å². The molecule has 1 aromatic carbocycles. The van der Waals surface area contributed by atoms with E-state index in [1.54, 1.807) is 11.8 Å². The number of ether oxygens (including phenoxy) is 1. The Kier molecular flexibility index (Phi) is 29.2. The van der Waals surface area contributed by atoms with Crippen molar-refractivity contribution >= 4 is 82.5 Å². The van der Waals surface area contributed by atoms with Gasteiger partial charge < -0.3 is 64.8 Å². The monoisotopic (exact) mass is 1440 g/mol. The van der Waals surface area contributed by atoms with Gasteiger partial charge in [-0.2, -0.15) is 13.2 Å². The highest BCUT2D eigenvalue weighted by molar-refractivity contribution is 6.31. The quantitative estimate of drug-likeness (QED) is 0.250. The predicted octanol–water partition coefficient (Wildman–Crippen LogP) is 5.41. The summed E-state index contributed by atoms with van der Waals surface area (Å²) in [4.78, 5) is 191. The number of methoxy groups -OCH3 is 1. The Morgan fingerprint density at radius 3 is 1.82 bits per heavy atom. The average molecular weight is 1440 g/mol.